The fourth-order valence-electron chi connectivity index (χ4n) is 2.44. The highest BCUT2D eigenvalue weighted by Gasteiger charge is 2.14. The van der Waals surface area contributed by atoms with E-state index in [9.17, 15) is 0 Å². The van der Waals surface area contributed by atoms with E-state index in [1.54, 1.807) is 6.33 Å². The Balaban J connectivity index is 2.09. The van der Waals surface area contributed by atoms with E-state index >= 15 is 0 Å². The van der Waals surface area contributed by atoms with Crippen LogP contribution in [0.15, 0.2) is 31.0 Å². The second-order valence-corrected chi connectivity index (χ2v) is 4.97. The smallest absolute Gasteiger partial charge is 0.115 e. The van der Waals surface area contributed by atoms with Crippen LogP contribution in [0.3, 0.4) is 0 Å². The fraction of sp³-hybridized carbons (Fsp3) is 0.533. The first kappa shape index (κ1) is 14.7. The summed E-state index contributed by atoms with van der Waals surface area (Å²) in [5, 5.41) is 8.01. The molecule has 1 atom stereocenters. The van der Waals surface area contributed by atoms with Crippen molar-refractivity contribution >= 4 is 0 Å². The molecule has 0 amide bonds. The van der Waals surface area contributed by atoms with Crippen molar-refractivity contribution in [3.63, 3.8) is 0 Å². The Kier molecular flexibility index (Phi) is 5.24. The first-order valence-corrected chi connectivity index (χ1v) is 7.24. The molecule has 0 saturated carbocycles. The minimum atomic E-state index is 0.196. The van der Waals surface area contributed by atoms with Crippen LogP contribution in [0.25, 0.3) is 0 Å². The number of nitrogens with one attached hydrogen (secondary N) is 1. The zero-order chi connectivity index (χ0) is 14.4. The van der Waals surface area contributed by atoms with Gasteiger partial charge < -0.3 is 5.32 Å². The van der Waals surface area contributed by atoms with Gasteiger partial charge in [-0.1, -0.05) is 13.8 Å². The van der Waals surface area contributed by atoms with Crippen molar-refractivity contribution in [3.8, 4) is 0 Å². The summed E-state index contributed by atoms with van der Waals surface area (Å²) in [5.41, 5.74) is 2.19. The van der Waals surface area contributed by atoms with E-state index in [0.29, 0.717) is 6.04 Å². The third-order valence-corrected chi connectivity index (χ3v) is 3.72. The van der Waals surface area contributed by atoms with Gasteiger partial charge in [0.15, 0.2) is 0 Å². The summed E-state index contributed by atoms with van der Waals surface area (Å²) in [6.07, 6.45) is 10.4. The van der Waals surface area contributed by atoms with Gasteiger partial charge in [0.25, 0.3) is 0 Å². The third-order valence-electron chi connectivity index (χ3n) is 3.72. The molecular formula is C15H23N5. The lowest BCUT2D eigenvalue weighted by atomic mass is 10.1. The maximum atomic E-state index is 4.70. The van der Waals surface area contributed by atoms with Crippen molar-refractivity contribution in [1.29, 1.82) is 0 Å². The Bertz CT molecular complexity index is 504. The van der Waals surface area contributed by atoms with E-state index in [1.165, 1.54) is 0 Å². The molecule has 2 aromatic heterocycles. The second-order valence-electron chi connectivity index (χ2n) is 4.97. The molecule has 0 aliphatic heterocycles. The Hall–Kier alpha value is -1.75. The molecule has 20 heavy (non-hydrogen) atoms. The minimum Gasteiger partial charge on any atom is -0.313 e. The first-order valence-electron chi connectivity index (χ1n) is 7.24. The van der Waals surface area contributed by atoms with Crippen LogP contribution in [0.4, 0.5) is 0 Å². The summed E-state index contributed by atoms with van der Waals surface area (Å²) in [5.74, 6) is 0. The predicted octanol–water partition coefficient (Wildman–Crippen LogP) is 2.54. The predicted molar refractivity (Wildman–Crippen MR) is 79.4 cm³/mol. The molecule has 0 aliphatic carbocycles. The van der Waals surface area contributed by atoms with Gasteiger partial charge in [-0.05, 0) is 26.0 Å². The molecule has 0 radical (unpaired) electrons. The van der Waals surface area contributed by atoms with E-state index in [2.05, 4.69) is 46.1 Å². The molecule has 2 aromatic rings. The van der Waals surface area contributed by atoms with Crippen molar-refractivity contribution in [3.05, 3.63) is 42.2 Å². The summed E-state index contributed by atoms with van der Waals surface area (Å²) in [6, 6.07) is 2.80. The summed E-state index contributed by atoms with van der Waals surface area (Å²) < 4.78 is 2.09. The summed E-state index contributed by atoms with van der Waals surface area (Å²) in [4.78, 5) is 8.16. The van der Waals surface area contributed by atoms with E-state index < -0.39 is 0 Å². The van der Waals surface area contributed by atoms with Gasteiger partial charge in [-0.25, -0.2) is 9.97 Å². The molecule has 0 fully saturated rings. The Labute approximate surface area is 120 Å². The van der Waals surface area contributed by atoms with Crippen LogP contribution in [0.5, 0.6) is 0 Å². The quantitative estimate of drug-likeness (QED) is 0.842. The monoisotopic (exact) mass is 273 g/mol. The first-order chi connectivity index (χ1) is 9.78. The SMILES string of the molecule is CCC(CC)n1ccc(CC(NC)c2cncnc2)n1. The zero-order valence-electron chi connectivity index (χ0n) is 12.5. The number of likely N-dealkylation sites (N-methyl/N-ethyl adjacent to an activating group) is 1. The lowest BCUT2D eigenvalue weighted by Gasteiger charge is -2.15. The van der Waals surface area contributed by atoms with Crippen LogP contribution in [-0.4, -0.2) is 26.8 Å². The average molecular weight is 273 g/mol. The number of rotatable bonds is 7. The van der Waals surface area contributed by atoms with Crippen LogP contribution in [0.1, 0.15) is 50.0 Å². The van der Waals surface area contributed by atoms with E-state index in [0.717, 1.165) is 30.5 Å². The highest BCUT2D eigenvalue weighted by molar-refractivity contribution is 5.13. The number of hydrogen-bond donors (Lipinski definition) is 1. The standard InChI is InChI=1S/C15H23N5/c1-4-14(5-2)20-7-6-13(19-20)8-15(16-3)12-9-17-11-18-10-12/h6-7,9-11,14-16H,4-5,8H2,1-3H3. The molecule has 108 valence electrons. The molecule has 2 rings (SSSR count). The van der Waals surface area contributed by atoms with Crippen LogP contribution >= 0.6 is 0 Å². The molecule has 5 heteroatoms. The highest BCUT2D eigenvalue weighted by Crippen LogP contribution is 2.18. The van der Waals surface area contributed by atoms with Gasteiger partial charge in [-0.15, -0.1) is 0 Å². The molecule has 0 spiro atoms. The lowest BCUT2D eigenvalue weighted by Crippen LogP contribution is -2.19. The van der Waals surface area contributed by atoms with Crippen molar-refractivity contribution in [2.45, 2.75) is 45.2 Å². The number of aromatic nitrogens is 4. The maximum absolute atomic E-state index is 4.70. The largest absolute Gasteiger partial charge is 0.313 e. The second kappa shape index (κ2) is 7.14. The molecule has 2 heterocycles. The number of nitrogens with zero attached hydrogens (tertiary/aromatic N) is 4. The van der Waals surface area contributed by atoms with Gasteiger partial charge in [0.2, 0.25) is 0 Å². The minimum absolute atomic E-state index is 0.196. The van der Waals surface area contributed by atoms with Gasteiger partial charge in [-0.3, -0.25) is 4.68 Å². The van der Waals surface area contributed by atoms with Crippen LogP contribution < -0.4 is 5.32 Å². The van der Waals surface area contributed by atoms with Crippen LogP contribution in [0, 0.1) is 0 Å². The number of hydrogen-bond acceptors (Lipinski definition) is 4. The van der Waals surface area contributed by atoms with Gasteiger partial charge in [0.05, 0.1) is 11.7 Å². The highest BCUT2D eigenvalue weighted by atomic mass is 15.3. The topological polar surface area (TPSA) is 55.6 Å². The zero-order valence-corrected chi connectivity index (χ0v) is 12.5. The van der Waals surface area contributed by atoms with E-state index in [-0.39, 0.29) is 6.04 Å². The van der Waals surface area contributed by atoms with Crippen molar-refractivity contribution in [2.24, 2.45) is 0 Å². The van der Waals surface area contributed by atoms with E-state index in [1.807, 2.05) is 19.4 Å². The summed E-state index contributed by atoms with van der Waals surface area (Å²) in [6.45, 7) is 4.40. The Morgan fingerprint density at radius 3 is 2.50 bits per heavy atom. The fourth-order valence-corrected chi connectivity index (χ4v) is 2.44. The van der Waals surface area contributed by atoms with Crippen LogP contribution in [0.2, 0.25) is 0 Å². The summed E-state index contributed by atoms with van der Waals surface area (Å²) in [7, 11) is 1.95. The van der Waals surface area contributed by atoms with Crippen molar-refractivity contribution < 1.29 is 0 Å². The summed E-state index contributed by atoms with van der Waals surface area (Å²) >= 11 is 0. The molecule has 0 aliphatic rings. The molecule has 0 aromatic carbocycles. The van der Waals surface area contributed by atoms with Crippen LogP contribution in [-0.2, 0) is 6.42 Å². The van der Waals surface area contributed by atoms with Gasteiger partial charge >= 0.3 is 0 Å². The average Bonchev–Trinajstić information content (AvgIpc) is 2.95. The lowest BCUT2D eigenvalue weighted by molar-refractivity contribution is 0.423. The molecule has 1 N–H and O–H groups in total. The normalized spacial score (nSPS) is 12.8. The van der Waals surface area contributed by atoms with E-state index in [4.69, 9.17) is 5.10 Å². The van der Waals surface area contributed by atoms with Crippen molar-refractivity contribution in [1.82, 2.24) is 25.1 Å². The van der Waals surface area contributed by atoms with Gasteiger partial charge in [0, 0.05) is 36.6 Å². The third kappa shape index (κ3) is 3.42. The molecule has 0 bridgehead atoms. The molecule has 5 nitrogen and oxygen atoms in total. The Morgan fingerprint density at radius 1 is 1.20 bits per heavy atom. The van der Waals surface area contributed by atoms with Crippen molar-refractivity contribution in [2.75, 3.05) is 7.05 Å². The molecule has 1 unspecified atom stereocenters. The van der Waals surface area contributed by atoms with Gasteiger partial charge in [-0.2, -0.15) is 5.10 Å². The Morgan fingerprint density at radius 2 is 1.90 bits per heavy atom. The molecular weight excluding hydrogens is 250 g/mol. The maximum Gasteiger partial charge on any atom is 0.115 e. The molecule has 0 saturated heterocycles. The van der Waals surface area contributed by atoms with Gasteiger partial charge in [0.1, 0.15) is 6.33 Å².